The first-order valence-corrected chi connectivity index (χ1v) is 24.5. The molecule has 1 fully saturated rings. The molecular weight excluding hydrogens is 816 g/mol. The van der Waals surface area contributed by atoms with Gasteiger partial charge in [0.2, 0.25) is 8.32 Å². The number of nitrogens with zero attached hydrogens (tertiary/aromatic N) is 6. The van der Waals surface area contributed by atoms with E-state index in [1.54, 1.807) is 41.4 Å². The molecule has 8 rings (SSSR count). The van der Waals surface area contributed by atoms with Gasteiger partial charge in [-0.2, -0.15) is 0 Å². The average molecular weight is 872 g/mol. The van der Waals surface area contributed by atoms with E-state index in [-0.39, 0.29) is 22.9 Å². The first kappa shape index (κ1) is 43.0. The third-order valence-electron chi connectivity index (χ3n) is 13.0. The third kappa shape index (κ3) is 8.57. The van der Waals surface area contributed by atoms with Crippen LogP contribution in [0.15, 0.2) is 109 Å². The lowest BCUT2D eigenvalue weighted by atomic mass is 9.92. The Labute approximate surface area is 369 Å². The van der Waals surface area contributed by atoms with E-state index >= 15 is 4.79 Å². The molecule has 0 saturated carbocycles. The van der Waals surface area contributed by atoms with Gasteiger partial charge in [-0.15, -0.1) is 0 Å². The Morgan fingerprint density at radius 3 is 2.24 bits per heavy atom. The molecular formula is C49H55ClN6O5Si. The summed E-state index contributed by atoms with van der Waals surface area (Å²) in [5.41, 5.74) is 6.31. The van der Waals surface area contributed by atoms with Crippen LogP contribution in [-0.2, 0) is 20.0 Å². The quantitative estimate of drug-likeness (QED) is 0.144. The largest absolute Gasteiger partial charge is 0.544 e. The first-order valence-electron chi connectivity index (χ1n) is 21.2. The third-order valence-corrected chi connectivity index (χ3v) is 17.6. The molecule has 4 heterocycles. The van der Waals surface area contributed by atoms with Crippen LogP contribution in [0, 0.1) is 0 Å². The lowest BCUT2D eigenvalue weighted by Crippen LogP contribution is -2.53. The van der Waals surface area contributed by atoms with Crippen molar-refractivity contribution in [2.75, 3.05) is 44.7 Å². The van der Waals surface area contributed by atoms with E-state index in [0.29, 0.717) is 56.2 Å². The second-order valence-corrected chi connectivity index (χ2v) is 23.4. The van der Waals surface area contributed by atoms with Crippen molar-refractivity contribution in [3.05, 3.63) is 137 Å². The van der Waals surface area contributed by atoms with Crippen LogP contribution in [0.4, 0.5) is 16.2 Å². The number of amides is 2. The molecule has 1 atom stereocenters. The van der Waals surface area contributed by atoms with Gasteiger partial charge in [-0.05, 0) is 116 Å². The highest BCUT2D eigenvalue weighted by atomic mass is 35.5. The summed E-state index contributed by atoms with van der Waals surface area (Å²) >= 11 is 6.71. The zero-order valence-corrected chi connectivity index (χ0v) is 38.3. The van der Waals surface area contributed by atoms with Crippen molar-refractivity contribution in [1.29, 1.82) is 0 Å². The molecule has 6 aromatic rings. The number of aryl methyl sites for hydroxylation is 1. The van der Waals surface area contributed by atoms with E-state index in [0.717, 1.165) is 55.0 Å². The molecule has 2 aliphatic rings. The van der Waals surface area contributed by atoms with Crippen LogP contribution >= 0.6 is 11.6 Å². The van der Waals surface area contributed by atoms with Gasteiger partial charge in [0.25, 0.3) is 11.8 Å². The monoisotopic (exact) mass is 870 g/mol. The number of benzene rings is 4. The smallest absolute Gasteiger partial charge is 0.415 e. The number of rotatable bonds is 9. The van der Waals surface area contributed by atoms with E-state index in [2.05, 4.69) is 68.9 Å². The number of likely N-dealkylation sites (N-methyl/N-ethyl adjacent to an activating group) is 1. The maximum Gasteiger partial charge on any atom is 0.415 e. The summed E-state index contributed by atoms with van der Waals surface area (Å²) in [7, 11) is 1.88. The van der Waals surface area contributed by atoms with Crippen LogP contribution in [-0.4, -0.2) is 101 Å². The van der Waals surface area contributed by atoms with Crippen molar-refractivity contribution in [3.8, 4) is 17.0 Å². The SMILES string of the molecule is CN1CCN(C[C@@H]2Cc3ccccc3CN2C(=O)c2ccc(Cl)cc2-c2cc(C(=O)N(c3ccc(O[Si](C)(C)C(C)(C)C)cc3)c3ccc4c(ccn4C(=O)O)c3)cn2C)CC1. The summed E-state index contributed by atoms with van der Waals surface area (Å²) in [6.07, 6.45) is 2.96. The van der Waals surface area contributed by atoms with Crippen LogP contribution < -0.4 is 9.33 Å². The predicted octanol–water partition coefficient (Wildman–Crippen LogP) is 10.0. The molecule has 1 N–H and O–H groups in total. The lowest BCUT2D eigenvalue weighted by molar-refractivity contribution is 0.0536. The molecule has 0 bridgehead atoms. The molecule has 0 unspecified atom stereocenters. The highest BCUT2D eigenvalue weighted by Crippen LogP contribution is 2.39. The van der Waals surface area contributed by atoms with Crippen LogP contribution in [0.25, 0.3) is 22.2 Å². The van der Waals surface area contributed by atoms with Crippen LogP contribution in [0.1, 0.15) is 52.6 Å². The van der Waals surface area contributed by atoms with Gasteiger partial charge in [0, 0.05) is 103 Å². The number of carbonyl (C=O) groups is 3. The Kier molecular flexibility index (Phi) is 11.7. The highest BCUT2D eigenvalue weighted by Gasteiger charge is 2.39. The molecule has 11 nitrogen and oxygen atoms in total. The zero-order chi connectivity index (χ0) is 44.1. The fourth-order valence-electron chi connectivity index (χ4n) is 8.40. The van der Waals surface area contributed by atoms with Gasteiger partial charge in [0.15, 0.2) is 0 Å². The minimum absolute atomic E-state index is 0.000557. The molecule has 1 saturated heterocycles. The van der Waals surface area contributed by atoms with Crippen molar-refractivity contribution in [2.45, 2.75) is 57.9 Å². The van der Waals surface area contributed by atoms with Gasteiger partial charge in [-0.1, -0.05) is 56.6 Å². The number of fused-ring (bicyclic) bond motifs is 2. The number of hydrogen-bond donors (Lipinski definition) is 1. The fraction of sp³-hybridized carbons (Fsp3) is 0.327. The highest BCUT2D eigenvalue weighted by molar-refractivity contribution is 6.74. The number of carbonyl (C=O) groups excluding carboxylic acids is 2. The predicted molar refractivity (Wildman–Crippen MR) is 250 cm³/mol. The molecule has 0 radical (unpaired) electrons. The molecule has 13 heteroatoms. The Hall–Kier alpha value is -5.66. The number of carboxylic acid groups (broad SMARTS) is 1. The molecule has 2 amide bonds. The fourth-order valence-corrected chi connectivity index (χ4v) is 9.60. The summed E-state index contributed by atoms with van der Waals surface area (Å²) in [6, 6.07) is 30.1. The van der Waals surface area contributed by atoms with Crippen molar-refractivity contribution in [1.82, 2.24) is 23.8 Å². The van der Waals surface area contributed by atoms with Crippen molar-refractivity contribution in [3.63, 3.8) is 0 Å². The van der Waals surface area contributed by atoms with Gasteiger partial charge < -0.3 is 23.9 Å². The maximum absolute atomic E-state index is 15.0. The summed E-state index contributed by atoms with van der Waals surface area (Å²) in [6.45, 7) is 16.1. The summed E-state index contributed by atoms with van der Waals surface area (Å²) in [5.74, 6) is 0.337. The summed E-state index contributed by atoms with van der Waals surface area (Å²) in [4.78, 5) is 50.4. The lowest BCUT2D eigenvalue weighted by Gasteiger charge is -2.41. The average Bonchev–Trinajstić information content (AvgIpc) is 3.85. The zero-order valence-electron chi connectivity index (χ0n) is 36.6. The molecule has 4 aromatic carbocycles. The van der Waals surface area contributed by atoms with Crippen LogP contribution in [0.3, 0.4) is 0 Å². The minimum atomic E-state index is -2.14. The van der Waals surface area contributed by atoms with Gasteiger partial charge in [-0.25, -0.2) is 4.79 Å². The van der Waals surface area contributed by atoms with Crippen molar-refractivity contribution >= 4 is 60.1 Å². The van der Waals surface area contributed by atoms with E-state index in [1.807, 2.05) is 65.0 Å². The number of halogens is 1. The van der Waals surface area contributed by atoms with Crippen molar-refractivity contribution < 1.29 is 23.9 Å². The maximum atomic E-state index is 15.0. The molecule has 0 spiro atoms. The topological polar surface area (TPSA) is 103 Å². The molecule has 2 aliphatic heterocycles. The Morgan fingerprint density at radius 2 is 1.55 bits per heavy atom. The van der Waals surface area contributed by atoms with E-state index in [9.17, 15) is 14.7 Å². The van der Waals surface area contributed by atoms with Gasteiger partial charge in [-0.3, -0.25) is 24.0 Å². The number of piperazine rings is 1. The molecule has 322 valence electrons. The summed E-state index contributed by atoms with van der Waals surface area (Å²) < 4.78 is 9.60. The minimum Gasteiger partial charge on any atom is -0.544 e. The number of anilines is 2. The number of aromatic nitrogens is 2. The van der Waals surface area contributed by atoms with Crippen LogP contribution in [0.5, 0.6) is 5.75 Å². The molecule has 2 aromatic heterocycles. The van der Waals surface area contributed by atoms with E-state index in [4.69, 9.17) is 16.0 Å². The first-order chi connectivity index (χ1) is 29.5. The van der Waals surface area contributed by atoms with E-state index < -0.39 is 14.4 Å². The molecule has 0 aliphatic carbocycles. The number of hydrogen-bond acceptors (Lipinski definition) is 6. The van der Waals surface area contributed by atoms with Crippen LogP contribution in [0.2, 0.25) is 23.2 Å². The Bertz CT molecular complexity index is 2660. The Morgan fingerprint density at radius 1 is 0.855 bits per heavy atom. The normalized spacial score (nSPS) is 16.3. The molecule has 62 heavy (non-hydrogen) atoms. The second-order valence-electron chi connectivity index (χ2n) is 18.3. The van der Waals surface area contributed by atoms with Gasteiger partial charge in [0.1, 0.15) is 5.75 Å². The second kappa shape index (κ2) is 16.9. The van der Waals surface area contributed by atoms with Gasteiger partial charge >= 0.3 is 6.09 Å². The summed E-state index contributed by atoms with van der Waals surface area (Å²) in [5, 5.41) is 10.9. The van der Waals surface area contributed by atoms with Crippen molar-refractivity contribution in [2.24, 2.45) is 7.05 Å². The van der Waals surface area contributed by atoms with E-state index in [1.165, 1.54) is 11.8 Å². The Balaban J connectivity index is 1.15. The van der Waals surface area contributed by atoms with Gasteiger partial charge in [0.05, 0.1) is 11.1 Å². The standard InChI is InChI=1S/C49H55ClN6O5Si/c1-49(2,3)62(6,7)61-41-16-13-38(14-17-41)56(39-15-19-44-34(27-39)20-21-54(44)48(59)60)46(57)36-28-45(52(5)30-36)43-29-37(50)12-18-42(43)47(58)55-31-35-11-9-8-10-33(35)26-40(55)32-53-24-22-51(4)23-25-53/h8-21,27-30,40H,22-26,31-32H2,1-7H3,(H,59,60)/t40-/m0/s1.